The number of aromatic nitrogens is 2. The summed E-state index contributed by atoms with van der Waals surface area (Å²) in [5, 5.41) is 8.03. The van der Waals surface area contributed by atoms with Crippen LogP contribution in [0.4, 0.5) is 0 Å². The highest BCUT2D eigenvalue weighted by Gasteiger charge is 1.98. The molecule has 0 aliphatic heterocycles. The highest BCUT2D eigenvalue weighted by atomic mass is 127. The lowest BCUT2D eigenvalue weighted by molar-refractivity contribution is 0.473. The molecule has 0 bridgehead atoms. The van der Waals surface area contributed by atoms with E-state index < -0.39 is 0 Å². The first kappa shape index (κ1) is 8.89. The molecule has 2 rings (SSSR count). The predicted octanol–water partition coefficient (Wildman–Crippen LogP) is 2.94. The fourth-order valence-corrected chi connectivity index (χ4v) is 1.59. The molecule has 2 aromatic rings. The van der Waals surface area contributed by atoms with E-state index in [1.54, 1.807) is 5.51 Å². The van der Waals surface area contributed by atoms with Crippen LogP contribution in [0.5, 0.6) is 10.9 Å². The molecule has 0 fully saturated rings. The van der Waals surface area contributed by atoms with Crippen molar-refractivity contribution in [1.29, 1.82) is 0 Å². The molecular formula is C8H5IN2OS. The van der Waals surface area contributed by atoms with Crippen LogP contribution in [0.3, 0.4) is 0 Å². The van der Waals surface area contributed by atoms with E-state index in [0.717, 1.165) is 5.75 Å². The van der Waals surface area contributed by atoms with Crippen LogP contribution in [0.15, 0.2) is 29.8 Å². The van der Waals surface area contributed by atoms with Gasteiger partial charge in [-0.2, -0.15) is 0 Å². The van der Waals surface area contributed by atoms with Crippen molar-refractivity contribution >= 4 is 33.9 Å². The average Bonchev–Trinajstić information content (AvgIpc) is 2.62. The quantitative estimate of drug-likeness (QED) is 0.800. The third kappa shape index (κ3) is 2.38. The molecule has 0 unspecified atom stereocenters. The van der Waals surface area contributed by atoms with E-state index in [2.05, 4.69) is 32.8 Å². The Hall–Kier alpha value is -0.690. The Morgan fingerprint density at radius 3 is 2.62 bits per heavy atom. The van der Waals surface area contributed by atoms with Gasteiger partial charge in [-0.3, -0.25) is 0 Å². The Morgan fingerprint density at radius 2 is 2.00 bits per heavy atom. The Morgan fingerprint density at radius 1 is 1.23 bits per heavy atom. The molecule has 5 heteroatoms. The molecule has 66 valence electrons. The maximum atomic E-state index is 5.41. The smallest absolute Gasteiger partial charge is 0.299 e. The monoisotopic (exact) mass is 304 g/mol. The Bertz CT molecular complexity index is 374. The van der Waals surface area contributed by atoms with Gasteiger partial charge < -0.3 is 4.74 Å². The first-order valence-corrected chi connectivity index (χ1v) is 5.50. The highest BCUT2D eigenvalue weighted by molar-refractivity contribution is 14.1. The van der Waals surface area contributed by atoms with E-state index in [4.69, 9.17) is 4.74 Å². The van der Waals surface area contributed by atoms with Crippen LogP contribution in [-0.2, 0) is 0 Å². The van der Waals surface area contributed by atoms with E-state index in [0.29, 0.717) is 5.19 Å². The molecule has 1 aromatic heterocycles. The SMILES string of the molecule is Ic1ccc(Oc2nncs2)cc1. The van der Waals surface area contributed by atoms with Gasteiger partial charge in [0.2, 0.25) is 0 Å². The van der Waals surface area contributed by atoms with E-state index >= 15 is 0 Å². The summed E-state index contributed by atoms with van der Waals surface area (Å²) in [6, 6.07) is 7.78. The molecule has 0 N–H and O–H groups in total. The van der Waals surface area contributed by atoms with Gasteiger partial charge in [0, 0.05) is 3.57 Å². The van der Waals surface area contributed by atoms with Crippen LogP contribution in [0, 0.1) is 3.57 Å². The van der Waals surface area contributed by atoms with E-state index in [-0.39, 0.29) is 0 Å². The first-order chi connectivity index (χ1) is 6.34. The van der Waals surface area contributed by atoms with E-state index in [9.17, 15) is 0 Å². The number of hydrogen-bond donors (Lipinski definition) is 0. The zero-order valence-electron chi connectivity index (χ0n) is 6.48. The number of rotatable bonds is 2. The summed E-state index contributed by atoms with van der Waals surface area (Å²) < 4.78 is 6.60. The Kier molecular flexibility index (Phi) is 2.74. The zero-order valence-corrected chi connectivity index (χ0v) is 9.45. The number of benzene rings is 1. The summed E-state index contributed by atoms with van der Waals surface area (Å²) in [5.74, 6) is 0.789. The second-order valence-corrected chi connectivity index (χ2v) is 4.30. The lowest BCUT2D eigenvalue weighted by Crippen LogP contribution is -1.82. The van der Waals surface area contributed by atoms with Crippen molar-refractivity contribution in [2.75, 3.05) is 0 Å². The van der Waals surface area contributed by atoms with E-state index in [1.165, 1.54) is 14.9 Å². The van der Waals surface area contributed by atoms with Crippen LogP contribution < -0.4 is 4.74 Å². The fraction of sp³-hybridized carbons (Fsp3) is 0. The lowest BCUT2D eigenvalue weighted by atomic mass is 10.3. The summed E-state index contributed by atoms with van der Waals surface area (Å²) in [5.41, 5.74) is 1.64. The van der Waals surface area contributed by atoms with Crippen molar-refractivity contribution < 1.29 is 4.74 Å². The highest BCUT2D eigenvalue weighted by Crippen LogP contribution is 2.22. The summed E-state index contributed by atoms with van der Waals surface area (Å²) in [6.45, 7) is 0. The molecule has 13 heavy (non-hydrogen) atoms. The van der Waals surface area contributed by atoms with Crippen LogP contribution in [0.2, 0.25) is 0 Å². The summed E-state index contributed by atoms with van der Waals surface area (Å²) in [7, 11) is 0. The van der Waals surface area contributed by atoms with Crippen molar-refractivity contribution in [2.45, 2.75) is 0 Å². The molecule has 0 aliphatic rings. The summed E-state index contributed by atoms with van der Waals surface area (Å²) >= 11 is 3.62. The summed E-state index contributed by atoms with van der Waals surface area (Å²) in [4.78, 5) is 0. The van der Waals surface area contributed by atoms with Gasteiger partial charge in [-0.05, 0) is 46.9 Å². The Labute approximate surface area is 92.9 Å². The van der Waals surface area contributed by atoms with Crippen molar-refractivity contribution in [3.63, 3.8) is 0 Å². The van der Waals surface area contributed by atoms with Gasteiger partial charge in [-0.15, -0.1) is 5.10 Å². The van der Waals surface area contributed by atoms with Crippen molar-refractivity contribution in [3.8, 4) is 10.9 Å². The van der Waals surface area contributed by atoms with Gasteiger partial charge in [0.15, 0.2) is 0 Å². The van der Waals surface area contributed by atoms with Crippen molar-refractivity contribution in [1.82, 2.24) is 10.2 Å². The van der Waals surface area contributed by atoms with Crippen molar-refractivity contribution in [2.24, 2.45) is 0 Å². The lowest BCUT2D eigenvalue weighted by Gasteiger charge is -1.99. The molecule has 1 heterocycles. The van der Waals surface area contributed by atoms with Crippen molar-refractivity contribution in [3.05, 3.63) is 33.3 Å². The second kappa shape index (κ2) is 4.01. The molecule has 0 amide bonds. The molecule has 1 aromatic carbocycles. The van der Waals surface area contributed by atoms with Crippen LogP contribution in [0.1, 0.15) is 0 Å². The zero-order chi connectivity index (χ0) is 9.10. The fourth-order valence-electron chi connectivity index (χ4n) is 0.811. The minimum atomic E-state index is 0.571. The summed E-state index contributed by atoms with van der Waals surface area (Å²) in [6.07, 6.45) is 0. The van der Waals surface area contributed by atoms with Crippen LogP contribution in [-0.4, -0.2) is 10.2 Å². The number of nitrogens with zero attached hydrogens (tertiary/aromatic N) is 2. The van der Waals surface area contributed by atoms with Gasteiger partial charge in [-0.1, -0.05) is 16.4 Å². The third-order valence-electron chi connectivity index (χ3n) is 1.36. The normalized spacial score (nSPS) is 9.92. The molecule has 0 radical (unpaired) electrons. The molecule has 0 saturated carbocycles. The number of hydrogen-bond acceptors (Lipinski definition) is 4. The second-order valence-electron chi connectivity index (χ2n) is 2.26. The Balaban J connectivity index is 2.15. The van der Waals surface area contributed by atoms with Gasteiger partial charge in [0.05, 0.1) is 0 Å². The molecule has 3 nitrogen and oxygen atoms in total. The van der Waals surface area contributed by atoms with Gasteiger partial charge >= 0.3 is 0 Å². The van der Waals surface area contributed by atoms with Gasteiger partial charge in [0.25, 0.3) is 5.19 Å². The number of halogens is 1. The minimum absolute atomic E-state index is 0.571. The van der Waals surface area contributed by atoms with Gasteiger partial charge in [-0.25, -0.2) is 0 Å². The predicted molar refractivity (Wildman–Crippen MR) is 59.1 cm³/mol. The molecule has 0 saturated heterocycles. The standard InChI is InChI=1S/C8H5IN2OS/c9-6-1-3-7(4-2-6)12-8-11-10-5-13-8/h1-5H. The molecule has 0 aliphatic carbocycles. The average molecular weight is 304 g/mol. The first-order valence-electron chi connectivity index (χ1n) is 3.54. The maximum Gasteiger partial charge on any atom is 0.299 e. The largest absolute Gasteiger partial charge is 0.430 e. The molecule has 0 spiro atoms. The van der Waals surface area contributed by atoms with Crippen LogP contribution >= 0.6 is 33.9 Å². The molecule has 0 atom stereocenters. The third-order valence-corrected chi connectivity index (χ3v) is 2.64. The maximum absolute atomic E-state index is 5.41. The molecular weight excluding hydrogens is 299 g/mol. The van der Waals surface area contributed by atoms with Crippen LogP contribution in [0.25, 0.3) is 0 Å². The van der Waals surface area contributed by atoms with Gasteiger partial charge in [0.1, 0.15) is 11.3 Å². The number of ether oxygens (including phenoxy) is 1. The topological polar surface area (TPSA) is 35.0 Å². The van der Waals surface area contributed by atoms with E-state index in [1.807, 2.05) is 24.3 Å². The minimum Gasteiger partial charge on any atom is -0.430 e.